The molecule has 4 nitrogen and oxygen atoms in total. The zero-order valence-electron chi connectivity index (χ0n) is 20.2. The second-order valence-electron chi connectivity index (χ2n) is 4.56. The van der Waals surface area contributed by atoms with Crippen molar-refractivity contribution < 1.29 is 25.2 Å². The number of nitrogens with zero attached hydrogens (tertiary/aromatic N) is 1. The van der Waals surface area contributed by atoms with Crippen molar-refractivity contribution in [3.05, 3.63) is 24.3 Å². The molecule has 0 aromatic heterocycles. The minimum Gasteiger partial charge on any atom is -0.494 e. The van der Waals surface area contributed by atoms with Gasteiger partial charge in [-0.1, -0.05) is 13.3 Å². The quantitative estimate of drug-likeness (QED) is 0.656. The first-order valence-electron chi connectivity index (χ1n) is 11.2. The smallest absolute Gasteiger partial charge is 0.119 e. The summed E-state index contributed by atoms with van der Waals surface area (Å²) in [6, 6.07) is 7.00. The number of benzene rings is 1. The molecule has 4 heteroatoms. The number of unbranched alkanes of at least 4 members (excludes halogenated alkanes) is 1. The van der Waals surface area contributed by atoms with E-state index in [9.17, 15) is 0 Å². The third kappa shape index (κ3) is 6.36. The van der Waals surface area contributed by atoms with Gasteiger partial charge in [0.05, 0.1) is 31.8 Å². The number of hydrogen-bond donors (Lipinski definition) is 0. The third-order valence-corrected chi connectivity index (χ3v) is 2.85. The molecule has 1 heterocycles. The average Bonchev–Trinajstić information content (AvgIpc) is 2.60. The van der Waals surface area contributed by atoms with Gasteiger partial charge in [-0.2, -0.15) is 0 Å². The van der Waals surface area contributed by atoms with Gasteiger partial charge in [0.2, 0.25) is 0 Å². The van der Waals surface area contributed by atoms with Gasteiger partial charge >= 0.3 is 0 Å². The molecule has 1 saturated heterocycles. The van der Waals surface area contributed by atoms with Gasteiger partial charge in [0.15, 0.2) is 0 Å². The lowest BCUT2D eigenvalue weighted by molar-refractivity contribution is 0.0358. The van der Waals surface area contributed by atoms with Gasteiger partial charge in [-0.15, -0.1) is 0 Å². The van der Waals surface area contributed by atoms with E-state index in [1.54, 1.807) is 24.3 Å². The lowest BCUT2D eigenvalue weighted by Crippen LogP contribution is -2.37. The Morgan fingerprint density at radius 2 is 1.62 bits per heavy atom. The Morgan fingerprint density at radius 1 is 1.05 bits per heavy atom. The predicted octanol–water partition coefficient (Wildman–Crippen LogP) is 2.97. The molecule has 1 aliphatic heterocycles. The fourth-order valence-corrected chi connectivity index (χ4v) is 1.70. The third-order valence-electron chi connectivity index (χ3n) is 2.85. The van der Waals surface area contributed by atoms with E-state index < -0.39 is 26.1 Å². The molecule has 0 amide bonds. The van der Waals surface area contributed by atoms with Gasteiger partial charge in [0.1, 0.15) is 11.5 Å². The molecule has 1 aliphatic rings. The van der Waals surface area contributed by atoms with Crippen molar-refractivity contribution in [2.24, 2.45) is 0 Å². The molecule has 0 spiro atoms. The topological polar surface area (TPSA) is 30.9 Å². The molecule has 0 aliphatic carbocycles. The van der Waals surface area contributed by atoms with Gasteiger partial charge < -0.3 is 14.2 Å². The Bertz CT molecular complexity index is 643. The van der Waals surface area contributed by atoms with Crippen molar-refractivity contribution in [3.8, 4) is 11.5 Å². The molecular formula is C17H27NO3. The first-order valence-corrected chi connectivity index (χ1v) is 7.19. The van der Waals surface area contributed by atoms with Crippen LogP contribution in [0.5, 0.6) is 11.5 Å². The van der Waals surface area contributed by atoms with Crippen LogP contribution in [0.15, 0.2) is 24.3 Å². The molecule has 0 saturated carbocycles. The minimum absolute atomic E-state index is 0.117. The maximum absolute atomic E-state index is 7.94. The fourth-order valence-electron chi connectivity index (χ4n) is 1.70. The van der Waals surface area contributed by atoms with E-state index in [0.717, 1.165) is 18.6 Å². The normalized spacial score (nSPS) is 31.1. The fraction of sp³-hybridized carbons (Fsp3) is 0.647. The standard InChI is InChI=1S/C17H27NO3/c1-2-3-12-20-16-5-7-17(8-6-16)21-13-4-9-18-10-14-19-15-11-18/h5-8H,2-4,9-15H2,1H3/i10D2,11D2,14D2,15D2. The Morgan fingerprint density at radius 3 is 2.19 bits per heavy atom. The lowest BCUT2D eigenvalue weighted by atomic mass is 10.3. The summed E-state index contributed by atoms with van der Waals surface area (Å²) in [5, 5.41) is 0. The van der Waals surface area contributed by atoms with Crippen LogP contribution >= 0.6 is 0 Å². The number of morpholine rings is 1. The van der Waals surface area contributed by atoms with Gasteiger partial charge in [-0.05, 0) is 37.1 Å². The summed E-state index contributed by atoms with van der Waals surface area (Å²) in [4.78, 5) is 0.525. The molecule has 0 unspecified atom stereocenters. The first kappa shape index (κ1) is 8.39. The van der Waals surface area contributed by atoms with Crippen molar-refractivity contribution in [2.75, 3.05) is 45.9 Å². The van der Waals surface area contributed by atoms with E-state index in [1.165, 1.54) is 0 Å². The predicted molar refractivity (Wildman–Crippen MR) is 84.2 cm³/mol. The van der Waals surface area contributed by atoms with E-state index in [4.69, 9.17) is 20.4 Å². The van der Waals surface area contributed by atoms with E-state index in [-0.39, 0.29) is 19.6 Å². The van der Waals surface area contributed by atoms with E-state index in [1.807, 2.05) is 0 Å². The van der Waals surface area contributed by atoms with Crippen molar-refractivity contribution in [3.63, 3.8) is 0 Å². The highest BCUT2D eigenvalue weighted by molar-refractivity contribution is 5.31. The molecule has 0 radical (unpaired) electrons. The molecule has 118 valence electrons. The molecule has 0 N–H and O–H groups in total. The van der Waals surface area contributed by atoms with E-state index >= 15 is 0 Å². The highest BCUT2D eigenvalue weighted by atomic mass is 16.5. The van der Waals surface area contributed by atoms with Crippen LogP contribution in [0.25, 0.3) is 0 Å². The van der Waals surface area contributed by atoms with Gasteiger partial charge in [0, 0.05) is 25.0 Å². The molecule has 1 aromatic carbocycles. The first-order chi connectivity index (χ1) is 13.3. The summed E-state index contributed by atoms with van der Waals surface area (Å²) in [6.45, 7) is -9.18. The SMILES string of the molecule is [2H]C1([2H])OC([2H])([2H])C([2H])([2H])N(CCCOc2ccc(OCCCC)cc2)C1([2H])[2H]. The van der Waals surface area contributed by atoms with Crippen LogP contribution in [0, 0.1) is 0 Å². The summed E-state index contributed by atoms with van der Waals surface area (Å²) in [5.74, 6) is 1.29. The maximum Gasteiger partial charge on any atom is 0.119 e. The van der Waals surface area contributed by atoms with Crippen LogP contribution in [0.4, 0.5) is 0 Å². The highest BCUT2D eigenvalue weighted by Crippen LogP contribution is 2.18. The molecular weight excluding hydrogens is 266 g/mol. The maximum atomic E-state index is 7.94. The van der Waals surface area contributed by atoms with Crippen molar-refractivity contribution in [2.45, 2.75) is 26.2 Å². The second kappa shape index (κ2) is 9.64. The Kier molecular flexibility index (Phi) is 3.85. The molecule has 0 atom stereocenters. The Hall–Kier alpha value is -1.26. The van der Waals surface area contributed by atoms with E-state index in [2.05, 4.69) is 11.7 Å². The van der Waals surface area contributed by atoms with Gasteiger partial charge in [0.25, 0.3) is 0 Å². The largest absolute Gasteiger partial charge is 0.494 e. The van der Waals surface area contributed by atoms with Crippen molar-refractivity contribution in [1.82, 2.24) is 4.90 Å². The van der Waals surface area contributed by atoms with Crippen LogP contribution in [-0.4, -0.2) is 50.8 Å². The van der Waals surface area contributed by atoms with Crippen LogP contribution in [-0.2, 0) is 4.74 Å². The Balaban J connectivity index is 1.93. The summed E-state index contributed by atoms with van der Waals surface area (Å²) >= 11 is 0. The highest BCUT2D eigenvalue weighted by Gasteiger charge is 2.09. The van der Waals surface area contributed by atoms with E-state index in [0.29, 0.717) is 17.3 Å². The summed E-state index contributed by atoms with van der Waals surface area (Å²) in [7, 11) is 0. The summed E-state index contributed by atoms with van der Waals surface area (Å²) in [6.07, 6.45) is 2.17. The van der Waals surface area contributed by atoms with Crippen LogP contribution in [0.3, 0.4) is 0 Å². The number of hydrogen-bond acceptors (Lipinski definition) is 4. The number of rotatable bonds is 9. The summed E-state index contributed by atoms with van der Waals surface area (Å²) < 4.78 is 78.0. The minimum atomic E-state index is -3.02. The Labute approximate surface area is 139 Å². The monoisotopic (exact) mass is 301 g/mol. The average molecular weight is 301 g/mol. The zero-order valence-corrected chi connectivity index (χ0v) is 12.2. The van der Waals surface area contributed by atoms with Crippen LogP contribution < -0.4 is 9.47 Å². The van der Waals surface area contributed by atoms with Crippen LogP contribution in [0.1, 0.15) is 37.2 Å². The zero-order chi connectivity index (χ0) is 21.9. The second-order valence-corrected chi connectivity index (χ2v) is 4.56. The molecule has 21 heavy (non-hydrogen) atoms. The number of ether oxygens (including phenoxy) is 3. The van der Waals surface area contributed by atoms with Gasteiger partial charge in [-0.3, -0.25) is 4.90 Å². The van der Waals surface area contributed by atoms with Crippen molar-refractivity contribution >= 4 is 0 Å². The molecule has 0 bridgehead atoms. The van der Waals surface area contributed by atoms with Crippen molar-refractivity contribution in [1.29, 1.82) is 0 Å². The van der Waals surface area contributed by atoms with Gasteiger partial charge in [-0.25, -0.2) is 0 Å². The molecule has 1 fully saturated rings. The van der Waals surface area contributed by atoms with Crippen LogP contribution in [0.2, 0.25) is 0 Å². The summed E-state index contributed by atoms with van der Waals surface area (Å²) in [5.41, 5.74) is 0. The molecule has 1 aromatic rings. The molecule has 2 rings (SSSR count). The lowest BCUT2D eigenvalue weighted by Gasteiger charge is -2.26.